The molecule has 8 heteroatoms. The van der Waals surface area contributed by atoms with Crippen LogP contribution in [0, 0.1) is 5.41 Å². The highest BCUT2D eigenvalue weighted by Gasteiger charge is 2.21. The van der Waals surface area contributed by atoms with Crippen LogP contribution in [0.4, 0.5) is 5.69 Å². The molecule has 0 spiro atoms. The Morgan fingerprint density at radius 3 is 2.06 bits per heavy atom. The van der Waals surface area contributed by atoms with Crippen molar-refractivity contribution in [3.05, 3.63) is 102 Å². The number of rotatable bonds is 6. The zero-order valence-electron chi connectivity index (χ0n) is 20.2. The number of benzene rings is 3. The highest BCUT2D eigenvalue weighted by atomic mass is 16.5. The van der Waals surface area contributed by atoms with E-state index in [2.05, 4.69) is 16.2 Å². The number of hydrogen-bond acceptors (Lipinski definition) is 5. The number of esters is 1. The van der Waals surface area contributed by atoms with E-state index in [-0.39, 0.29) is 11.7 Å². The molecule has 3 aromatic carbocycles. The van der Waals surface area contributed by atoms with E-state index in [0.29, 0.717) is 22.4 Å². The van der Waals surface area contributed by atoms with Crippen molar-refractivity contribution in [2.75, 3.05) is 5.32 Å². The van der Waals surface area contributed by atoms with Crippen LogP contribution in [-0.4, -0.2) is 23.7 Å². The Labute approximate surface area is 209 Å². The van der Waals surface area contributed by atoms with Gasteiger partial charge >= 0.3 is 5.97 Å². The summed E-state index contributed by atoms with van der Waals surface area (Å²) in [5.74, 6) is -1.48. The van der Waals surface area contributed by atoms with Crippen LogP contribution in [0.15, 0.2) is 84.9 Å². The molecule has 0 saturated heterocycles. The highest BCUT2D eigenvalue weighted by Crippen LogP contribution is 2.21. The summed E-state index contributed by atoms with van der Waals surface area (Å²) in [7, 11) is 0. The fourth-order valence-corrected chi connectivity index (χ4v) is 2.87. The summed E-state index contributed by atoms with van der Waals surface area (Å²) >= 11 is 0. The molecule has 8 nitrogen and oxygen atoms in total. The Hall–Kier alpha value is -4.72. The second kappa shape index (κ2) is 11.6. The van der Waals surface area contributed by atoms with Gasteiger partial charge in [-0.25, -0.2) is 4.79 Å². The molecule has 184 valence electrons. The second-order valence-electron chi connectivity index (χ2n) is 8.85. The summed E-state index contributed by atoms with van der Waals surface area (Å²) in [6.45, 7) is 5.41. The first-order valence-electron chi connectivity index (χ1n) is 11.2. The zero-order valence-corrected chi connectivity index (χ0v) is 20.2. The quantitative estimate of drug-likeness (QED) is 0.208. The molecule has 3 aromatic rings. The van der Waals surface area contributed by atoms with E-state index in [1.54, 1.807) is 87.5 Å². The SMILES string of the molecule is CC(C)(C)C(=O)Nc1ccc(C(=O)NNC(=O)/C=C/c2ccccc2OC(=O)c2ccccc2)cc1. The van der Waals surface area contributed by atoms with Crippen molar-refractivity contribution in [3.8, 4) is 5.75 Å². The van der Waals surface area contributed by atoms with E-state index in [9.17, 15) is 19.2 Å². The fraction of sp³-hybridized carbons (Fsp3) is 0.143. The van der Waals surface area contributed by atoms with E-state index in [4.69, 9.17) is 4.74 Å². The minimum atomic E-state index is -0.582. The molecule has 0 aliphatic rings. The molecule has 0 heterocycles. The maximum Gasteiger partial charge on any atom is 0.343 e. The van der Waals surface area contributed by atoms with Crippen molar-refractivity contribution in [1.29, 1.82) is 0 Å². The topological polar surface area (TPSA) is 114 Å². The molecule has 0 aliphatic heterocycles. The first-order chi connectivity index (χ1) is 17.1. The van der Waals surface area contributed by atoms with Gasteiger partial charge in [-0.2, -0.15) is 0 Å². The number of ether oxygens (including phenoxy) is 1. The van der Waals surface area contributed by atoms with Gasteiger partial charge in [-0.15, -0.1) is 0 Å². The van der Waals surface area contributed by atoms with Crippen molar-refractivity contribution in [3.63, 3.8) is 0 Å². The number of amides is 3. The summed E-state index contributed by atoms with van der Waals surface area (Å²) in [5, 5.41) is 2.78. The van der Waals surface area contributed by atoms with Gasteiger partial charge < -0.3 is 10.1 Å². The molecule has 0 radical (unpaired) electrons. The van der Waals surface area contributed by atoms with Crippen LogP contribution in [-0.2, 0) is 9.59 Å². The van der Waals surface area contributed by atoms with Crippen molar-refractivity contribution >= 4 is 35.5 Å². The van der Waals surface area contributed by atoms with Crippen LogP contribution in [0.1, 0.15) is 47.1 Å². The second-order valence-corrected chi connectivity index (χ2v) is 8.85. The Morgan fingerprint density at radius 1 is 0.750 bits per heavy atom. The molecular weight excluding hydrogens is 458 g/mol. The van der Waals surface area contributed by atoms with Gasteiger partial charge in [-0.1, -0.05) is 57.2 Å². The van der Waals surface area contributed by atoms with E-state index < -0.39 is 23.2 Å². The average Bonchev–Trinajstić information content (AvgIpc) is 2.87. The largest absolute Gasteiger partial charge is 0.422 e. The third-order valence-corrected chi connectivity index (χ3v) is 4.93. The molecule has 0 aliphatic carbocycles. The van der Waals surface area contributed by atoms with Crippen molar-refractivity contribution in [2.45, 2.75) is 20.8 Å². The molecule has 3 rings (SSSR count). The van der Waals surface area contributed by atoms with E-state index in [1.165, 1.54) is 24.3 Å². The summed E-state index contributed by atoms with van der Waals surface area (Å²) in [4.78, 5) is 48.9. The monoisotopic (exact) mass is 485 g/mol. The van der Waals surface area contributed by atoms with Crippen molar-refractivity contribution in [2.24, 2.45) is 5.41 Å². The van der Waals surface area contributed by atoms with Crippen LogP contribution in [0.5, 0.6) is 5.75 Å². The molecule has 0 atom stereocenters. The number of carbonyl (C=O) groups excluding carboxylic acids is 4. The highest BCUT2D eigenvalue weighted by molar-refractivity contribution is 5.99. The third kappa shape index (κ3) is 7.39. The lowest BCUT2D eigenvalue weighted by atomic mass is 9.95. The summed E-state index contributed by atoms with van der Waals surface area (Å²) < 4.78 is 5.45. The predicted molar refractivity (Wildman–Crippen MR) is 137 cm³/mol. The van der Waals surface area contributed by atoms with Gasteiger partial charge in [0.15, 0.2) is 0 Å². The lowest BCUT2D eigenvalue weighted by Gasteiger charge is -2.17. The molecule has 0 saturated carbocycles. The van der Waals surface area contributed by atoms with Crippen molar-refractivity contribution in [1.82, 2.24) is 10.9 Å². The minimum Gasteiger partial charge on any atom is -0.422 e. The molecule has 36 heavy (non-hydrogen) atoms. The Morgan fingerprint density at radius 2 is 1.39 bits per heavy atom. The fourth-order valence-electron chi connectivity index (χ4n) is 2.87. The molecule has 3 N–H and O–H groups in total. The number of anilines is 1. The standard InChI is InChI=1S/C28H27N3O5/c1-28(2,3)27(35)29-22-16-13-20(14-17-22)25(33)31-30-24(32)18-15-19-9-7-8-12-23(19)36-26(34)21-10-5-4-6-11-21/h4-18H,1-3H3,(H,29,35)(H,30,32)(H,31,33)/b18-15+. The molecular formula is C28H27N3O5. The molecule has 0 unspecified atom stereocenters. The number of hydrogen-bond donors (Lipinski definition) is 3. The van der Waals surface area contributed by atoms with Gasteiger partial charge in [-0.05, 0) is 48.5 Å². The maximum absolute atomic E-state index is 12.3. The van der Waals surface area contributed by atoms with Gasteiger partial charge in [0.25, 0.3) is 11.8 Å². The predicted octanol–water partition coefficient (Wildman–Crippen LogP) is 4.36. The van der Waals surface area contributed by atoms with Gasteiger partial charge in [0.1, 0.15) is 5.75 Å². The van der Waals surface area contributed by atoms with Gasteiger partial charge in [0.05, 0.1) is 5.56 Å². The molecule has 0 aromatic heterocycles. The molecule has 3 amide bonds. The first-order valence-corrected chi connectivity index (χ1v) is 11.2. The van der Waals surface area contributed by atoms with Gasteiger partial charge in [0.2, 0.25) is 5.91 Å². The van der Waals surface area contributed by atoms with E-state index in [0.717, 1.165) is 0 Å². The normalized spacial score (nSPS) is 11.0. The summed E-state index contributed by atoms with van der Waals surface area (Å²) in [6, 6.07) is 21.6. The third-order valence-electron chi connectivity index (χ3n) is 4.93. The number of hydrazine groups is 1. The van der Waals surface area contributed by atoms with Crippen LogP contribution < -0.4 is 20.9 Å². The average molecular weight is 486 g/mol. The summed E-state index contributed by atoms with van der Waals surface area (Å²) in [5.41, 5.74) is 5.85. The number of carbonyl (C=O) groups is 4. The first kappa shape index (κ1) is 25.9. The van der Waals surface area contributed by atoms with Crippen LogP contribution >= 0.6 is 0 Å². The maximum atomic E-state index is 12.3. The molecule has 0 fully saturated rings. The van der Waals surface area contributed by atoms with Gasteiger partial charge in [0, 0.05) is 28.3 Å². The lowest BCUT2D eigenvalue weighted by molar-refractivity contribution is -0.123. The number of nitrogens with one attached hydrogen (secondary N) is 3. The smallest absolute Gasteiger partial charge is 0.343 e. The Kier molecular flexibility index (Phi) is 8.35. The Balaban J connectivity index is 1.55. The molecule has 0 bridgehead atoms. The zero-order chi connectivity index (χ0) is 26.1. The van der Waals surface area contributed by atoms with Crippen molar-refractivity contribution < 1.29 is 23.9 Å². The van der Waals surface area contributed by atoms with Crippen LogP contribution in [0.3, 0.4) is 0 Å². The minimum absolute atomic E-state index is 0.143. The van der Waals surface area contributed by atoms with Crippen LogP contribution in [0.2, 0.25) is 0 Å². The van der Waals surface area contributed by atoms with E-state index >= 15 is 0 Å². The lowest BCUT2D eigenvalue weighted by Crippen LogP contribution is -2.40. The van der Waals surface area contributed by atoms with Gasteiger partial charge in [-0.3, -0.25) is 25.2 Å². The van der Waals surface area contributed by atoms with Crippen LogP contribution in [0.25, 0.3) is 6.08 Å². The number of para-hydroxylation sites is 1. The van der Waals surface area contributed by atoms with E-state index in [1.807, 2.05) is 0 Å². The summed E-state index contributed by atoms with van der Waals surface area (Å²) in [6.07, 6.45) is 2.68. The Bertz CT molecular complexity index is 1280.